The number of amides is 2. The number of hydrogen-bond acceptors (Lipinski definition) is 6. The first kappa shape index (κ1) is 22.9. The van der Waals surface area contributed by atoms with Crippen LogP contribution in [0.15, 0.2) is 40.6 Å². The number of carbonyl (C=O) groups is 2. The zero-order chi connectivity index (χ0) is 22.7. The van der Waals surface area contributed by atoms with Gasteiger partial charge >= 0.3 is 0 Å². The molecule has 2 saturated heterocycles. The Morgan fingerprint density at radius 3 is 2.66 bits per heavy atom. The van der Waals surface area contributed by atoms with Crippen LogP contribution in [-0.4, -0.2) is 68.8 Å². The Kier molecular flexibility index (Phi) is 6.94. The van der Waals surface area contributed by atoms with E-state index in [2.05, 4.69) is 5.32 Å². The summed E-state index contributed by atoms with van der Waals surface area (Å²) >= 11 is 1.39. The lowest BCUT2D eigenvalue weighted by Gasteiger charge is -2.32. The average Bonchev–Trinajstić information content (AvgIpc) is 3.35. The Labute approximate surface area is 192 Å². The summed E-state index contributed by atoms with van der Waals surface area (Å²) in [6.45, 7) is 4.19. The van der Waals surface area contributed by atoms with E-state index < -0.39 is 10.0 Å². The first-order valence-electron chi connectivity index (χ1n) is 10.7. The molecule has 0 spiro atoms. The van der Waals surface area contributed by atoms with Crippen molar-refractivity contribution in [3.05, 3.63) is 46.2 Å². The van der Waals surface area contributed by atoms with E-state index in [0.29, 0.717) is 56.4 Å². The summed E-state index contributed by atoms with van der Waals surface area (Å²) in [4.78, 5) is 28.2. The number of carbonyl (C=O) groups excluding carboxylic acids is 2. The molecule has 2 fully saturated rings. The van der Waals surface area contributed by atoms with Crippen molar-refractivity contribution < 1.29 is 22.7 Å². The van der Waals surface area contributed by atoms with Crippen LogP contribution in [0.25, 0.3) is 0 Å². The minimum absolute atomic E-state index is 0.0488. The third-order valence-electron chi connectivity index (χ3n) is 5.89. The van der Waals surface area contributed by atoms with Gasteiger partial charge in [0.25, 0.3) is 5.91 Å². The Morgan fingerprint density at radius 1 is 1.16 bits per heavy atom. The number of hydrogen-bond donors (Lipinski definition) is 1. The van der Waals surface area contributed by atoms with Crippen molar-refractivity contribution in [2.24, 2.45) is 5.92 Å². The molecule has 0 saturated carbocycles. The van der Waals surface area contributed by atoms with Gasteiger partial charge in [-0.15, -0.1) is 11.3 Å². The van der Waals surface area contributed by atoms with Crippen molar-refractivity contribution in [1.82, 2.24) is 9.21 Å². The Hall–Kier alpha value is -2.27. The SMILES string of the molecule is Cc1ccc(S(=O)(=O)N2CCOCC2)cc1NC(=O)C1CCCN(C(=O)c2cccs2)C1. The summed E-state index contributed by atoms with van der Waals surface area (Å²) in [7, 11) is -3.66. The van der Waals surface area contributed by atoms with Gasteiger partial charge in [0, 0.05) is 31.9 Å². The molecule has 1 aromatic carbocycles. The standard InChI is InChI=1S/C22H27N3O5S2/c1-16-6-7-18(32(28,29)25-9-11-30-12-10-25)14-19(16)23-21(26)17-4-2-8-24(15-17)22(27)20-5-3-13-31-20/h3,5-7,13-14,17H,2,4,8-12,15H2,1H3,(H,23,26). The van der Waals surface area contributed by atoms with Gasteiger partial charge < -0.3 is 15.0 Å². The van der Waals surface area contributed by atoms with Crippen LogP contribution in [0, 0.1) is 12.8 Å². The molecule has 1 unspecified atom stereocenters. The van der Waals surface area contributed by atoms with Crippen molar-refractivity contribution in [1.29, 1.82) is 0 Å². The van der Waals surface area contributed by atoms with Gasteiger partial charge in [-0.3, -0.25) is 9.59 Å². The maximum absolute atomic E-state index is 13.0. The lowest BCUT2D eigenvalue weighted by Crippen LogP contribution is -2.43. The predicted octanol–water partition coefficient (Wildman–Crippen LogP) is 2.57. The molecule has 2 aromatic rings. The van der Waals surface area contributed by atoms with Crippen molar-refractivity contribution in [2.45, 2.75) is 24.7 Å². The van der Waals surface area contributed by atoms with Gasteiger partial charge in [0.05, 0.1) is 28.9 Å². The zero-order valence-corrected chi connectivity index (χ0v) is 19.6. The number of sulfonamides is 1. The minimum atomic E-state index is -3.66. The molecule has 4 rings (SSSR count). The van der Waals surface area contributed by atoms with E-state index in [1.54, 1.807) is 23.1 Å². The second kappa shape index (κ2) is 9.70. The molecule has 0 radical (unpaired) electrons. The van der Waals surface area contributed by atoms with Gasteiger partial charge in [-0.05, 0) is 48.9 Å². The van der Waals surface area contributed by atoms with Crippen LogP contribution in [0.4, 0.5) is 5.69 Å². The maximum atomic E-state index is 13.0. The van der Waals surface area contributed by atoms with Crippen LogP contribution < -0.4 is 5.32 Å². The predicted molar refractivity (Wildman–Crippen MR) is 122 cm³/mol. The second-order valence-corrected chi connectivity index (χ2v) is 10.9. The number of piperidine rings is 1. The highest BCUT2D eigenvalue weighted by Gasteiger charge is 2.30. The molecule has 1 aromatic heterocycles. The lowest BCUT2D eigenvalue weighted by atomic mass is 9.96. The van der Waals surface area contributed by atoms with Gasteiger partial charge in [0.15, 0.2) is 0 Å². The molecule has 10 heteroatoms. The number of likely N-dealkylation sites (tertiary alicyclic amines) is 1. The van der Waals surface area contributed by atoms with E-state index in [-0.39, 0.29) is 22.6 Å². The summed E-state index contributed by atoms with van der Waals surface area (Å²) in [5, 5.41) is 4.77. The fourth-order valence-corrected chi connectivity index (χ4v) is 6.12. The summed E-state index contributed by atoms with van der Waals surface area (Å²) in [6.07, 6.45) is 1.44. The summed E-state index contributed by atoms with van der Waals surface area (Å²) < 4.78 is 32.6. The first-order chi connectivity index (χ1) is 15.4. The van der Waals surface area contributed by atoms with E-state index >= 15 is 0 Å². The quantitative estimate of drug-likeness (QED) is 0.714. The minimum Gasteiger partial charge on any atom is -0.379 e. The van der Waals surface area contributed by atoms with Crippen LogP contribution in [0.5, 0.6) is 0 Å². The molecule has 3 heterocycles. The highest BCUT2D eigenvalue weighted by molar-refractivity contribution is 7.89. The third-order valence-corrected chi connectivity index (χ3v) is 8.64. The number of thiophene rings is 1. The van der Waals surface area contributed by atoms with Gasteiger partial charge in [0.1, 0.15) is 0 Å². The van der Waals surface area contributed by atoms with Crippen LogP contribution in [0.2, 0.25) is 0 Å². The van der Waals surface area contributed by atoms with Crippen LogP contribution in [0.3, 0.4) is 0 Å². The van der Waals surface area contributed by atoms with E-state index in [9.17, 15) is 18.0 Å². The Bertz CT molecular complexity index is 1080. The molecule has 2 amide bonds. The number of aryl methyl sites for hydroxylation is 1. The van der Waals surface area contributed by atoms with Gasteiger partial charge in [0.2, 0.25) is 15.9 Å². The average molecular weight is 478 g/mol. The summed E-state index contributed by atoms with van der Waals surface area (Å²) in [5.74, 6) is -0.587. The van der Waals surface area contributed by atoms with E-state index in [4.69, 9.17) is 4.74 Å². The Morgan fingerprint density at radius 2 is 1.94 bits per heavy atom. The number of nitrogens with zero attached hydrogens (tertiary/aromatic N) is 2. The van der Waals surface area contributed by atoms with Crippen molar-refractivity contribution in [2.75, 3.05) is 44.7 Å². The molecular formula is C22H27N3O5S2. The molecule has 0 aliphatic carbocycles. The van der Waals surface area contributed by atoms with Crippen molar-refractivity contribution >= 4 is 38.9 Å². The third kappa shape index (κ3) is 4.88. The van der Waals surface area contributed by atoms with Gasteiger partial charge in [-0.2, -0.15) is 4.31 Å². The van der Waals surface area contributed by atoms with Gasteiger partial charge in [-0.1, -0.05) is 12.1 Å². The second-order valence-electron chi connectivity index (χ2n) is 8.05. The number of morpholine rings is 1. The molecule has 2 aliphatic heterocycles. The monoisotopic (exact) mass is 477 g/mol. The molecule has 8 nitrogen and oxygen atoms in total. The molecule has 1 atom stereocenters. The van der Waals surface area contributed by atoms with Crippen molar-refractivity contribution in [3.8, 4) is 0 Å². The highest BCUT2D eigenvalue weighted by atomic mass is 32.2. The molecule has 1 N–H and O–H groups in total. The molecular weight excluding hydrogens is 450 g/mol. The molecule has 172 valence electrons. The molecule has 32 heavy (non-hydrogen) atoms. The largest absolute Gasteiger partial charge is 0.379 e. The highest BCUT2D eigenvalue weighted by Crippen LogP contribution is 2.26. The van der Waals surface area contributed by atoms with Crippen LogP contribution in [-0.2, 0) is 19.6 Å². The first-order valence-corrected chi connectivity index (χ1v) is 13.0. The summed E-state index contributed by atoms with van der Waals surface area (Å²) in [6, 6.07) is 8.43. The van der Waals surface area contributed by atoms with Gasteiger partial charge in [-0.25, -0.2) is 8.42 Å². The molecule has 0 bridgehead atoms. The van der Waals surface area contributed by atoms with Crippen LogP contribution >= 0.6 is 11.3 Å². The zero-order valence-electron chi connectivity index (χ0n) is 18.0. The smallest absolute Gasteiger partial charge is 0.263 e. The lowest BCUT2D eigenvalue weighted by molar-refractivity contribution is -0.121. The van der Waals surface area contributed by atoms with Crippen LogP contribution in [0.1, 0.15) is 28.1 Å². The van der Waals surface area contributed by atoms with Crippen molar-refractivity contribution in [3.63, 3.8) is 0 Å². The fourth-order valence-electron chi connectivity index (χ4n) is 4.00. The molecule has 2 aliphatic rings. The number of ether oxygens (including phenoxy) is 1. The van der Waals surface area contributed by atoms with E-state index in [1.807, 2.05) is 18.4 Å². The topological polar surface area (TPSA) is 96.0 Å². The number of benzene rings is 1. The normalized spacial score (nSPS) is 20.2. The number of anilines is 1. The van der Waals surface area contributed by atoms with E-state index in [0.717, 1.165) is 12.0 Å². The number of nitrogens with one attached hydrogen (secondary N) is 1. The Balaban J connectivity index is 1.47. The fraction of sp³-hybridized carbons (Fsp3) is 0.455. The summed E-state index contributed by atoms with van der Waals surface area (Å²) in [5.41, 5.74) is 1.26. The maximum Gasteiger partial charge on any atom is 0.263 e. The van der Waals surface area contributed by atoms with E-state index in [1.165, 1.54) is 21.7 Å². The number of rotatable bonds is 5.